The molecule has 0 aliphatic carbocycles. The fourth-order valence-corrected chi connectivity index (χ4v) is 2.97. The van der Waals surface area contributed by atoms with Crippen molar-refractivity contribution in [1.29, 1.82) is 0 Å². The summed E-state index contributed by atoms with van der Waals surface area (Å²) in [5, 5.41) is 9.80. The Morgan fingerprint density at radius 1 is 0.762 bits per heavy atom. The van der Waals surface area contributed by atoms with Gasteiger partial charge in [0.05, 0.1) is 0 Å². The normalized spacial score (nSPS) is 12.8. The van der Waals surface area contributed by atoms with Gasteiger partial charge in [-0.3, -0.25) is 0 Å². The lowest BCUT2D eigenvalue weighted by Crippen LogP contribution is -2.17. The highest BCUT2D eigenvalue weighted by molar-refractivity contribution is 6.83. The lowest BCUT2D eigenvalue weighted by Gasteiger charge is -2.07. The molecule has 1 N–H and O–H groups in total. The van der Waals surface area contributed by atoms with E-state index in [1.165, 1.54) is 64.2 Å². The molecule has 0 saturated heterocycles. The van der Waals surface area contributed by atoms with Crippen LogP contribution >= 0.6 is 0 Å². The summed E-state index contributed by atoms with van der Waals surface area (Å²) in [6.45, 7) is 8.92. The maximum atomic E-state index is 9.80. The van der Waals surface area contributed by atoms with Gasteiger partial charge in [-0.05, 0) is 12.8 Å². The van der Waals surface area contributed by atoms with Crippen LogP contribution in [-0.2, 0) is 0 Å². The summed E-state index contributed by atoms with van der Waals surface area (Å²) in [5.41, 5.74) is 3.25. The van der Waals surface area contributed by atoms with Gasteiger partial charge >= 0.3 is 0 Å². The molecule has 0 saturated carbocycles. The Morgan fingerprint density at radius 3 is 1.62 bits per heavy atom. The number of hydrogen-bond donors (Lipinski definition) is 1. The van der Waals surface area contributed by atoms with Crippen molar-refractivity contribution < 1.29 is 5.11 Å². The fraction of sp³-hybridized carbons (Fsp3) is 0.895. The van der Waals surface area contributed by atoms with Crippen molar-refractivity contribution in [3.8, 4) is 11.5 Å². The molecule has 2 heteroatoms. The third-order valence-electron chi connectivity index (χ3n) is 3.69. The van der Waals surface area contributed by atoms with Crippen LogP contribution in [0.4, 0.5) is 0 Å². The number of unbranched alkanes of at least 4 members (excludes halogenated alkanes) is 10. The fourth-order valence-electron chi connectivity index (χ4n) is 2.37. The molecule has 0 rings (SSSR count). The highest BCUT2D eigenvalue weighted by atomic mass is 28.3. The molecule has 0 aromatic heterocycles. The van der Waals surface area contributed by atoms with Crippen LogP contribution in [0.25, 0.3) is 0 Å². The van der Waals surface area contributed by atoms with Crippen molar-refractivity contribution in [3.63, 3.8) is 0 Å². The Labute approximate surface area is 134 Å². The van der Waals surface area contributed by atoms with E-state index in [1.54, 1.807) is 0 Å². The molecule has 0 radical (unpaired) electrons. The minimum Gasteiger partial charge on any atom is -0.380 e. The molecule has 0 spiro atoms. The van der Waals surface area contributed by atoms with E-state index in [4.69, 9.17) is 0 Å². The number of aliphatic hydroxyl groups is 1. The number of hydrogen-bond acceptors (Lipinski definition) is 1. The van der Waals surface area contributed by atoms with Crippen LogP contribution < -0.4 is 0 Å². The number of rotatable bonds is 12. The van der Waals surface area contributed by atoms with Crippen molar-refractivity contribution in [2.75, 3.05) is 0 Å². The van der Waals surface area contributed by atoms with Gasteiger partial charge in [-0.15, -0.1) is 5.54 Å². The molecular weight excluding hydrogens is 272 g/mol. The van der Waals surface area contributed by atoms with E-state index in [9.17, 15) is 5.11 Å². The summed E-state index contributed by atoms with van der Waals surface area (Å²) < 4.78 is 0. The maximum absolute atomic E-state index is 9.80. The zero-order valence-electron chi connectivity index (χ0n) is 15.0. The lowest BCUT2D eigenvalue weighted by molar-refractivity contribution is 0.217. The molecule has 124 valence electrons. The molecule has 0 unspecified atom stereocenters. The second-order valence-corrected chi connectivity index (χ2v) is 12.1. The van der Waals surface area contributed by atoms with Crippen LogP contribution in [0.3, 0.4) is 0 Å². The van der Waals surface area contributed by atoms with Crippen molar-refractivity contribution in [1.82, 2.24) is 0 Å². The summed E-state index contributed by atoms with van der Waals surface area (Å²) in [4.78, 5) is 0. The van der Waals surface area contributed by atoms with E-state index in [1.807, 2.05) is 0 Å². The van der Waals surface area contributed by atoms with Crippen LogP contribution in [0.1, 0.15) is 84.0 Å². The SMILES string of the molecule is CCCCCCCCCCCCC[C@H](O)C#C[Si](C)(C)C. The maximum Gasteiger partial charge on any atom is 0.129 e. The van der Waals surface area contributed by atoms with Gasteiger partial charge in [0.15, 0.2) is 0 Å². The molecule has 21 heavy (non-hydrogen) atoms. The molecule has 0 aliphatic rings. The van der Waals surface area contributed by atoms with Gasteiger partial charge < -0.3 is 5.11 Å². The van der Waals surface area contributed by atoms with Gasteiger partial charge in [-0.25, -0.2) is 0 Å². The van der Waals surface area contributed by atoms with Gasteiger partial charge in [-0.1, -0.05) is 96.7 Å². The van der Waals surface area contributed by atoms with Crippen molar-refractivity contribution >= 4 is 8.07 Å². The molecule has 1 atom stereocenters. The molecule has 0 bridgehead atoms. The molecular formula is C19H38OSi. The van der Waals surface area contributed by atoms with Gasteiger partial charge in [0.1, 0.15) is 14.2 Å². The predicted molar refractivity (Wildman–Crippen MR) is 98.2 cm³/mol. The van der Waals surface area contributed by atoms with Crippen LogP contribution in [-0.4, -0.2) is 19.3 Å². The first kappa shape index (κ1) is 20.7. The first-order chi connectivity index (χ1) is 9.95. The molecule has 0 fully saturated rings. The van der Waals surface area contributed by atoms with E-state index in [-0.39, 0.29) is 0 Å². The topological polar surface area (TPSA) is 20.2 Å². The van der Waals surface area contributed by atoms with E-state index in [0.717, 1.165) is 12.8 Å². The highest BCUT2D eigenvalue weighted by Crippen LogP contribution is 2.12. The summed E-state index contributed by atoms with van der Waals surface area (Å²) in [6, 6.07) is 0. The van der Waals surface area contributed by atoms with E-state index < -0.39 is 14.2 Å². The first-order valence-corrected chi connectivity index (χ1v) is 12.7. The Balaban J connectivity index is 3.30. The Morgan fingerprint density at radius 2 is 1.19 bits per heavy atom. The van der Waals surface area contributed by atoms with Gasteiger partial charge in [0.2, 0.25) is 0 Å². The first-order valence-electron chi connectivity index (χ1n) is 9.16. The van der Waals surface area contributed by atoms with E-state index in [2.05, 4.69) is 38.0 Å². The van der Waals surface area contributed by atoms with Crippen LogP contribution in [0.2, 0.25) is 19.6 Å². The number of aliphatic hydroxyl groups excluding tert-OH is 1. The minimum absolute atomic E-state index is 0.393. The monoisotopic (exact) mass is 310 g/mol. The molecule has 0 aromatic rings. The highest BCUT2D eigenvalue weighted by Gasteiger charge is 2.08. The third-order valence-corrected chi connectivity index (χ3v) is 4.59. The smallest absolute Gasteiger partial charge is 0.129 e. The zero-order valence-corrected chi connectivity index (χ0v) is 16.0. The average molecular weight is 311 g/mol. The largest absolute Gasteiger partial charge is 0.380 e. The summed E-state index contributed by atoms with van der Waals surface area (Å²) in [7, 11) is -1.32. The Hall–Kier alpha value is -0.263. The standard InChI is InChI=1S/C19H38OSi/c1-5-6-7-8-9-10-11-12-13-14-15-16-19(20)17-18-21(2,3)4/h19-20H,5-16H2,1-4H3/t19-/m0/s1. The Kier molecular flexibility index (Phi) is 13.2. The lowest BCUT2D eigenvalue weighted by atomic mass is 10.0. The molecule has 0 aliphatic heterocycles. The van der Waals surface area contributed by atoms with E-state index >= 15 is 0 Å². The zero-order chi connectivity index (χ0) is 16.0. The van der Waals surface area contributed by atoms with Gasteiger partial charge in [0.25, 0.3) is 0 Å². The van der Waals surface area contributed by atoms with Gasteiger partial charge in [0, 0.05) is 0 Å². The van der Waals surface area contributed by atoms with Crippen molar-refractivity contribution in [2.45, 2.75) is 110 Å². The van der Waals surface area contributed by atoms with Crippen LogP contribution in [0.15, 0.2) is 0 Å². The van der Waals surface area contributed by atoms with Gasteiger partial charge in [-0.2, -0.15) is 0 Å². The summed E-state index contributed by atoms with van der Waals surface area (Å²) in [5.74, 6) is 3.03. The molecule has 0 aromatic carbocycles. The molecule has 0 amide bonds. The second kappa shape index (κ2) is 13.4. The molecule has 0 heterocycles. The third kappa shape index (κ3) is 17.7. The summed E-state index contributed by atoms with van der Waals surface area (Å²) >= 11 is 0. The molecule has 1 nitrogen and oxygen atoms in total. The second-order valence-electron chi connectivity index (χ2n) is 7.36. The minimum atomic E-state index is -1.32. The predicted octanol–water partition coefficient (Wildman–Crippen LogP) is 5.93. The average Bonchev–Trinajstić information content (AvgIpc) is 2.42. The van der Waals surface area contributed by atoms with Crippen LogP contribution in [0.5, 0.6) is 0 Å². The van der Waals surface area contributed by atoms with E-state index in [0.29, 0.717) is 0 Å². The quantitative estimate of drug-likeness (QED) is 0.269. The summed E-state index contributed by atoms with van der Waals surface area (Å²) in [6.07, 6.45) is 15.3. The van der Waals surface area contributed by atoms with Crippen molar-refractivity contribution in [2.24, 2.45) is 0 Å². The van der Waals surface area contributed by atoms with Crippen LogP contribution in [0, 0.1) is 11.5 Å². The van der Waals surface area contributed by atoms with Crippen molar-refractivity contribution in [3.05, 3.63) is 0 Å². The Bertz CT molecular complexity index is 282.